The van der Waals surface area contributed by atoms with Crippen molar-refractivity contribution in [3.63, 3.8) is 0 Å². The van der Waals surface area contributed by atoms with E-state index < -0.39 is 11.6 Å². The molecule has 31 heavy (non-hydrogen) atoms. The molecule has 0 radical (unpaired) electrons. The van der Waals surface area contributed by atoms with E-state index in [9.17, 15) is 9.59 Å². The van der Waals surface area contributed by atoms with Crippen LogP contribution in [0.5, 0.6) is 5.75 Å². The first kappa shape index (κ1) is 24.7. The Morgan fingerprint density at radius 1 is 1.06 bits per heavy atom. The Morgan fingerprint density at radius 2 is 1.74 bits per heavy atom. The summed E-state index contributed by atoms with van der Waals surface area (Å²) in [4.78, 5) is 27.5. The predicted molar refractivity (Wildman–Crippen MR) is 125 cm³/mol. The summed E-state index contributed by atoms with van der Waals surface area (Å²) < 4.78 is 5.88. The molecule has 0 aliphatic carbocycles. The van der Waals surface area contributed by atoms with Crippen LogP contribution in [-0.4, -0.2) is 34.9 Å². The van der Waals surface area contributed by atoms with Crippen molar-refractivity contribution in [3.8, 4) is 5.75 Å². The van der Waals surface area contributed by atoms with Gasteiger partial charge in [-0.2, -0.15) is 0 Å². The fourth-order valence-corrected chi connectivity index (χ4v) is 3.41. The van der Waals surface area contributed by atoms with Gasteiger partial charge < -0.3 is 15.0 Å². The van der Waals surface area contributed by atoms with Gasteiger partial charge in [0, 0.05) is 17.1 Å². The van der Waals surface area contributed by atoms with Crippen molar-refractivity contribution in [3.05, 3.63) is 64.7 Å². The second-order valence-corrected chi connectivity index (χ2v) is 9.48. The zero-order chi connectivity index (χ0) is 23.2. The van der Waals surface area contributed by atoms with Crippen molar-refractivity contribution in [1.82, 2.24) is 10.2 Å². The normalized spacial score (nSPS) is 12.4. The molecular formula is C25H33ClN2O3. The number of hydrogen-bond donors (Lipinski definition) is 1. The predicted octanol–water partition coefficient (Wildman–Crippen LogP) is 5.17. The molecule has 5 nitrogen and oxygen atoms in total. The molecule has 0 aliphatic heterocycles. The highest BCUT2D eigenvalue weighted by atomic mass is 35.5. The fourth-order valence-electron chi connectivity index (χ4n) is 3.20. The van der Waals surface area contributed by atoms with E-state index in [0.717, 1.165) is 11.1 Å². The number of carbonyl (C=O) groups excluding carboxylic acids is 2. The van der Waals surface area contributed by atoms with E-state index in [0.29, 0.717) is 10.8 Å². The standard InChI is InChI=1S/C25H33ClN2O3/c1-17(2)21-12-7-8-13-22(21)31-16-23(29)28(15-19-10-9-11-20(26)14-19)18(3)24(30)27-25(4,5)6/h7-14,17-18H,15-16H2,1-6H3,(H,27,30). The van der Waals surface area contributed by atoms with Gasteiger partial charge in [-0.25, -0.2) is 0 Å². The largest absolute Gasteiger partial charge is 0.483 e. The topological polar surface area (TPSA) is 58.6 Å². The minimum atomic E-state index is -0.672. The van der Waals surface area contributed by atoms with Crippen LogP contribution in [0.2, 0.25) is 5.02 Å². The molecule has 0 bridgehead atoms. The average Bonchev–Trinajstić information content (AvgIpc) is 2.68. The second-order valence-electron chi connectivity index (χ2n) is 9.05. The number of carbonyl (C=O) groups is 2. The van der Waals surface area contributed by atoms with Crippen LogP contribution in [0.1, 0.15) is 58.6 Å². The fraction of sp³-hybridized carbons (Fsp3) is 0.440. The first-order valence-corrected chi connectivity index (χ1v) is 10.9. The Balaban J connectivity index is 2.22. The van der Waals surface area contributed by atoms with E-state index in [4.69, 9.17) is 16.3 Å². The van der Waals surface area contributed by atoms with Gasteiger partial charge in [0.1, 0.15) is 11.8 Å². The van der Waals surface area contributed by atoms with Gasteiger partial charge in [-0.05, 0) is 62.9 Å². The molecule has 0 spiro atoms. The molecule has 1 atom stereocenters. The third-order valence-electron chi connectivity index (χ3n) is 4.80. The highest BCUT2D eigenvalue weighted by molar-refractivity contribution is 6.30. The lowest BCUT2D eigenvalue weighted by molar-refractivity contribution is -0.142. The summed E-state index contributed by atoms with van der Waals surface area (Å²) in [5.74, 6) is 0.464. The number of halogens is 1. The van der Waals surface area contributed by atoms with Crippen molar-refractivity contribution in [2.24, 2.45) is 0 Å². The lowest BCUT2D eigenvalue weighted by Gasteiger charge is -2.31. The summed E-state index contributed by atoms with van der Waals surface area (Å²) >= 11 is 6.12. The van der Waals surface area contributed by atoms with Crippen LogP contribution >= 0.6 is 11.6 Å². The van der Waals surface area contributed by atoms with Gasteiger partial charge in [-0.3, -0.25) is 9.59 Å². The Labute approximate surface area is 190 Å². The molecule has 168 valence electrons. The summed E-state index contributed by atoms with van der Waals surface area (Å²) in [5, 5.41) is 3.53. The quantitative estimate of drug-likeness (QED) is 0.610. The molecule has 0 heterocycles. The van der Waals surface area contributed by atoms with Crippen LogP contribution in [0.4, 0.5) is 0 Å². The summed E-state index contributed by atoms with van der Waals surface area (Å²) in [6, 6.07) is 14.3. The number of rotatable bonds is 8. The monoisotopic (exact) mass is 444 g/mol. The second kappa shape index (κ2) is 10.7. The van der Waals surface area contributed by atoms with Gasteiger partial charge in [0.15, 0.2) is 6.61 Å². The first-order chi connectivity index (χ1) is 14.5. The van der Waals surface area contributed by atoms with Crippen molar-refractivity contribution in [2.45, 2.75) is 65.6 Å². The van der Waals surface area contributed by atoms with E-state index >= 15 is 0 Å². The van der Waals surface area contributed by atoms with Gasteiger partial charge >= 0.3 is 0 Å². The maximum atomic E-state index is 13.2. The zero-order valence-electron chi connectivity index (χ0n) is 19.2. The van der Waals surface area contributed by atoms with E-state index in [2.05, 4.69) is 19.2 Å². The maximum absolute atomic E-state index is 13.2. The molecule has 1 N–H and O–H groups in total. The van der Waals surface area contributed by atoms with Crippen molar-refractivity contribution >= 4 is 23.4 Å². The molecule has 0 fully saturated rings. The zero-order valence-corrected chi connectivity index (χ0v) is 20.0. The minimum Gasteiger partial charge on any atom is -0.483 e. The number of benzene rings is 2. The highest BCUT2D eigenvalue weighted by Crippen LogP contribution is 2.26. The Morgan fingerprint density at radius 3 is 2.35 bits per heavy atom. The summed E-state index contributed by atoms with van der Waals surface area (Å²) in [5.41, 5.74) is 1.48. The number of amides is 2. The van der Waals surface area contributed by atoms with Crippen LogP contribution in [-0.2, 0) is 16.1 Å². The van der Waals surface area contributed by atoms with Gasteiger partial charge in [-0.1, -0.05) is 55.8 Å². The molecule has 1 unspecified atom stereocenters. The van der Waals surface area contributed by atoms with Crippen LogP contribution in [0.25, 0.3) is 0 Å². The lowest BCUT2D eigenvalue weighted by Crippen LogP contribution is -2.53. The number of ether oxygens (including phenoxy) is 1. The number of nitrogens with one attached hydrogen (secondary N) is 1. The molecule has 6 heteroatoms. The smallest absolute Gasteiger partial charge is 0.261 e. The number of hydrogen-bond acceptors (Lipinski definition) is 3. The Kier molecular flexibility index (Phi) is 8.52. The molecule has 2 amide bonds. The molecular weight excluding hydrogens is 412 g/mol. The van der Waals surface area contributed by atoms with Crippen molar-refractivity contribution < 1.29 is 14.3 Å². The molecule has 2 aromatic rings. The number of nitrogens with zero attached hydrogens (tertiary/aromatic N) is 1. The van der Waals surface area contributed by atoms with Crippen molar-refractivity contribution in [2.75, 3.05) is 6.61 Å². The lowest BCUT2D eigenvalue weighted by atomic mass is 10.0. The van der Waals surface area contributed by atoms with Crippen molar-refractivity contribution in [1.29, 1.82) is 0 Å². The van der Waals surface area contributed by atoms with Gasteiger partial charge in [0.25, 0.3) is 5.91 Å². The van der Waals surface area contributed by atoms with Gasteiger partial charge in [-0.15, -0.1) is 0 Å². The average molecular weight is 445 g/mol. The summed E-state index contributed by atoms with van der Waals surface area (Å²) in [7, 11) is 0. The van der Waals surface area contributed by atoms with Gasteiger partial charge in [0.05, 0.1) is 0 Å². The van der Waals surface area contributed by atoms with Crippen LogP contribution in [0, 0.1) is 0 Å². The SMILES string of the molecule is CC(C)c1ccccc1OCC(=O)N(Cc1cccc(Cl)c1)C(C)C(=O)NC(C)(C)C. The highest BCUT2D eigenvalue weighted by Gasteiger charge is 2.29. The molecule has 2 rings (SSSR count). The molecule has 0 saturated heterocycles. The summed E-state index contributed by atoms with van der Waals surface area (Å²) in [6.45, 7) is 11.7. The van der Waals surface area contributed by atoms with Crippen LogP contribution < -0.4 is 10.1 Å². The third-order valence-corrected chi connectivity index (χ3v) is 5.03. The third kappa shape index (κ3) is 7.59. The van der Waals surface area contributed by atoms with E-state index in [1.165, 1.54) is 4.90 Å². The minimum absolute atomic E-state index is 0.155. The molecule has 0 aromatic heterocycles. The van der Waals surface area contributed by atoms with Crippen LogP contribution in [0.3, 0.4) is 0 Å². The van der Waals surface area contributed by atoms with Crippen LogP contribution in [0.15, 0.2) is 48.5 Å². The maximum Gasteiger partial charge on any atom is 0.261 e. The van der Waals surface area contributed by atoms with E-state index in [1.54, 1.807) is 19.1 Å². The summed E-state index contributed by atoms with van der Waals surface area (Å²) in [6.07, 6.45) is 0. The van der Waals surface area contributed by atoms with E-state index in [-0.39, 0.29) is 30.9 Å². The van der Waals surface area contributed by atoms with E-state index in [1.807, 2.05) is 57.2 Å². The first-order valence-electron chi connectivity index (χ1n) is 10.6. The number of para-hydroxylation sites is 1. The molecule has 0 aliphatic rings. The Hall–Kier alpha value is -2.53. The van der Waals surface area contributed by atoms with Gasteiger partial charge in [0.2, 0.25) is 5.91 Å². The molecule has 0 saturated carbocycles. The molecule has 2 aromatic carbocycles. The Bertz CT molecular complexity index is 906.